The van der Waals surface area contributed by atoms with Gasteiger partial charge < -0.3 is 9.47 Å². The molecule has 0 amide bonds. The number of aromatic nitrogens is 2. The van der Waals surface area contributed by atoms with E-state index in [1.54, 1.807) is 18.2 Å². The summed E-state index contributed by atoms with van der Waals surface area (Å²) in [6.45, 7) is 0. The fraction of sp³-hybridized carbons (Fsp3) is 0.176. The van der Waals surface area contributed by atoms with Crippen LogP contribution in [0.3, 0.4) is 0 Å². The number of fused-ring (bicyclic) bond motifs is 1. The molecule has 0 aliphatic carbocycles. The number of nitrogens with one attached hydrogen (secondary N) is 1. The highest BCUT2D eigenvalue weighted by Gasteiger charge is 2.14. The number of anilines is 1. The topological polar surface area (TPSA) is 90.4 Å². The molecule has 0 aliphatic heterocycles. The number of nitrogens with zero attached hydrogens (tertiary/aromatic N) is 2. The number of benzene rings is 2. The summed E-state index contributed by atoms with van der Waals surface area (Å²) in [4.78, 5) is 8.45. The summed E-state index contributed by atoms with van der Waals surface area (Å²) in [5, 5.41) is 0.647. The van der Waals surface area contributed by atoms with E-state index in [0.717, 1.165) is 6.26 Å². The monoisotopic (exact) mass is 377 g/mol. The molecule has 0 saturated carbocycles. The molecule has 0 atom stereocenters. The van der Waals surface area contributed by atoms with Crippen LogP contribution in [0.4, 0.5) is 10.1 Å². The lowest BCUT2D eigenvalue weighted by Gasteiger charge is -2.12. The van der Waals surface area contributed by atoms with E-state index in [9.17, 15) is 12.8 Å². The van der Waals surface area contributed by atoms with Crippen LogP contribution in [0.2, 0.25) is 0 Å². The van der Waals surface area contributed by atoms with Crippen LogP contribution >= 0.6 is 0 Å². The summed E-state index contributed by atoms with van der Waals surface area (Å²) >= 11 is 0. The average molecular weight is 377 g/mol. The molecule has 0 radical (unpaired) electrons. The summed E-state index contributed by atoms with van der Waals surface area (Å²) in [6.07, 6.45) is 2.32. The summed E-state index contributed by atoms with van der Waals surface area (Å²) in [5.41, 5.74) is 1.43. The molecule has 3 aromatic rings. The highest BCUT2D eigenvalue weighted by atomic mass is 32.2. The summed E-state index contributed by atoms with van der Waals surface area (Å²) < 4.78 is 49.6. The third kappa shape index (κ3) is 3.52. The molecular formula is C17H16FN3O4S. The molecule has 0 fully saturated rings. The fourth-order valence-electron chi connectivity index (χ4n) is 2.56. The fourth-order valence-corrected chi connectivity index (χ4v) is 3.12. The second-order valence-corrected chi connectivity index (χ2v) is 7.26. The first-order valence-corrected chi connectivity index (χ1v) is 9.36. The lowest BCUT2D eigenvalue weighted by Crippen LogP contribution is -2.10. The number of halogens is 1. The zero-order chi connectivity index (χ0) is 18.9. The Bertz CT molecular complexity index is 1090. The number of hydrogen-bond donors (Lipinski definition) is 1. The molecule has 1 heterocycles. The van der Waals surface area contributed by atoms with E-state index >= 15 is 0 Å². The predicted octanol–water partition coefficient (Wildman–Crippen LogP) is 2.82. The van der Waals surface area contributed by atoms with Gasteiger partial charge in [-0.2, -0.15) is 0 Å². The van der Waals surface area contributed by atoms with Gasteiger partial charge in [0, 0.05) is 17.0 Å². The van der Waals surface area contributed by atoms with Gasteiger partial charge in [-0.25, -0.2) is 22.8 Å². The first kappa shape index (κ1) is 17.9. The molecule has 0 unspecified atom stereocenters. The average Bonchev–Trinajstić information content (AvgIpc) is 2.60. The molecule has 136 valence electrons. The number of rotatable bonds is 5. The third-order valence-corrected chi connectivity index (χ3v) is 4.27. The van der Waals surface area contributed by atoms with Crippen LogP contribution in [0, 0.1) is 5.82 Å². The normalized spacial score (nSPS) is 11.4. The minimum atomic E-state index is -3.57. The van der Waals surface area contributed by atoms with Crippen molar-refractivity contribution < 1.29 is 22.3 Å². The highest BCUT2D eigenvalue weighted by molar-refractivity contribution is 7.92. The molecule has 26 heavy (non-hydrogen) atoms. The predicted molar refractivity (Wildman–Crippen MR) is 96.5 cm³/mol. The van der Waals surface area contributed by atoms with Crippen molar-refractivity contribution in [3.05, 3.63) is 42.5 Å². The van der Waals surface area contributed by atoms with Gasteiger partial charge in [0.1, 0.15) is 12.1 Å². The van der Waals surface area contributed by atoms with Crippen molar-refractivity contribution in [2.24, 2.45) is 0 Å². The smallest absolute Gasteiger partial charge is 0.229 e. The number of methoxy groups -OCH3 is 2. The molecule has 0 spiro atoms. The van der Waals surface area contributed by atoms with Crippen molar-refractivity contribution in [3.8, 4) is 22.8 Å². The minimum Gasteiger partial charge on any atom is -0.493 e. The number of ether oxygens (including phenoxy) is 2. The Morgan fingerprint density at radius 2 is 1.73 bits per heavy atom. The molecule has 2 aromatic carbocycles. The summed E-state index contributed by atoms with van der Waals surface area (Å²) in [7, 11) is -0.540. The van der Waals surface area contributed by atoms with Gasteiger partial charge in [0.15, 0.2) is 11.5 Å². The first-order valence-electron chi connectivity index (χ1n) is 7.47. The molecule has 1 aromatic heterocycles. The Morgan fingerprint density at radius 1 is 1.04 bits per heavy atom. The van der Waals surface area contributed by atoms with E-state index in [0.29, 0.717) is 33.7 Å². The highest BCUT2D eigenvalue weighted by Crippen LogP contribution is 2.35. The maximum Gasteiger partial charge on any atom is 0.229 e. The quantitative estimate of drug-likeness (QED) is 0.735. The van der Waals surface area contributed by atoms with Crippen LogP contribution in [-0.2, 0) is 10.0 Å². The van der Waals surface area contributed by atoms with Crippen LogP contribution in [0.5, 0.6) is 11.5 Å². The second kappa shape index (κ2) is 6.75. The van der Waals surface area contributed by atoms with Gasteiger partial charge in [0.25, 0.3) is 0 Å². The molecule has 1 N–H and O–H groups in total. The van der Waals surface area contributed by atoms with E-state index in [1.165, 1.54) is 32.7 Å². The van der Waals surface area contributed by atoms with Crippen LogP contribution in [0.15, 0.2) is 36.7 Å². The Morgan fingerprint density at radius 3 is 2.35 bits per heavy atom. The lowest BCUT2D eigenvalue weighted by molar-refractivity contribution is 0.356. The van der Waals surface area contributed by atoms with Crippen LogP contribution in [0.25, 0.3) is 22.2 Å². The Balaban J connectivity index is 2.15. The zero-order valence-electron chi connectivity index (χ0n) is 14.3. The number of sulfonamides is 1. The van der Waals surface area contributed by atoms with Crippen molar-refractivity contribution >= 4 is 26.6 Å². The number of hydrogen-bond acceptors (Lipinski definition) is 6. The maximum absolute atomic E-state index is 14.3. The van der Waals surface area contributed by atoms with E-state index in [-0.39, 0.29) is 5.69 Å². The van der Waals surface area contributed by atoms with Crippen LogP contribution in [0.1, 0.15) is 0 Å². The largest absolute Gasteiger partial charge is 0.493 e. The summed E-state index contributed by atoms with van der Waals surface area (Å²) in [6, 6.07) is 7.56. The Hall–Kier alpha value is -2.94. The zero-order valence-corrected chi connectivity index (χ0v) is 15.1. The van der Waals surface area contributed by atoms with Gasteiger partial charge in [-0.3, -0.25) is 4.72 Å². The molecule has 0 saturated heterocycles. The molecule has 0 aliphatic rings. The summed E-state index contributed by atoms with van der Waals surface area (Å²) in [5.74, 6) is 0.301. The van der Waals surface area contributed by atoms with Gasteiger partial charge in [-0.1, -0.05) is 6.07 Å². The molecular weight excluding hydrogens is 361 g/mol. The molecule has 7 nitrogen and oxygen atoms in total. The Kier molecular flexibility index (Phi) is 4.64. The molecule has 3 rings (SSSR count). The van der Waals surface area contributed by atoms with E-state index in [1.807, 2.05) is 0 Å². The van der Waals surface area contributed by atoms with Crippen molar-refractivity contribution in [1.29, 1.82) is 0 Å². The molecule has 0 bridgehead atoms. The Labute approximate surface area is 149 Å². The standard InChI is InChI=1S/C17H16FN3O4S/c1-24-15-7-11-14(8-16(15)25-2)19-9-20-17(11)10-4-5-13(12(18)6-10)21-26(3,22)23/h4-9,21H,1-3H3. The third-order valence-electron chi connectivity index (χ3n) is 3.68. The van der Waals surface area contributed by atoms with Crippen molar-refractivity contribution in [3.63, 3.8) is 0 Å². The maximum atomic E-state index is 14.3. The van der Waals surface area contributed by atoms with Crippen LogP contribution < -0.4 is 14.2 Å². The van der Waals surface area contributed by atoms with Gasteiger partial charge in [0.2, 0.25) is 10.0 Å². The van der Waals surface area contributed by atoms with Gasteiger partial charge in [-0.15, -0.1) is 0 Å². The van der Waals surface area contributed by atoms with Crippen molar-refractivity contribution in [2.75, 3.05) is 25.2 Å². The minimum absolute atomic E-state index is 0.131. The van der Waals surface area contributed by atoms with Crippen molar-refractivity contribution in [2.45, 2.75) is 0 Å². The van der Waals surface area contributed by atoms with Gasteiger partial charge in [0.05, 0.1) is 37.4 Å². The second-order valence-electron chi connectivity index (χ2n) is 5.52. The van der Waals surface area contributed by atoms with Gasteiger partial charge >= 0.3 is 0 Å². The first-order chi connectivity index (χ1) is 12.3. The van der Waals surface area contributed by atoms with Gasteiger partial charge in [-0.05, 0) is 18.2 Å². The van der Waals surface area contributed by atoms with E-state index in [2.05, 4.69) is 14.7 Å². The molecule has 9 heteroatoms. The van der Waals surface area contributed by atoms with Crippen LogP contribution in [-0.4, -0.2) is 38.9 Å². The lowest BCUT2D eigenvalue weighted by atomic mass is 10.1. The van der Waals surface area contributed by atoms with E-state index in [4.69, 9.17) is 9.47 Å². The van der Waals surface area contributed by atoms with E-state index < -0.39 is 15.8 Å². The van der Waals surface area contributed by atoms with Crippen molar-refractivity contribution in [1.82, 2.24) is 9.97 Å². The SMILES string of the molecule is COc1cc2ncnc(-c3ccc(NS(C)(=O)=O)c(F)c3)c2cc1OC.